The normalized spacial score (nSPS) is 11.5. The molecule has 0 aromatic heterocycles. The molecule has 4 aromatic carbocycles. The first-order valence-corrected chi connectivity index (χ1v) is 13.0. The summed E-state index contributed by atoms with van der Waals surface area (Å²) >= 11 is 6.30. The van der Waals surface area contributed by atoms with Gasteiger partial charge in [0.1, 0.15) is 11.9 Å². The molecule has 1 atom stereocenters. The molecule has 1 unspecified atom stereocenters. The highest BCUT2D eigenvalue weighted by Crippen LogP contribution is 2.19. The van der Waals surface area contributed by atoms with E-state index in [9.17, 15) is 14.0 Å². The lowest BCUT2D eigenvalue weighted by Gasteiger charge is -2.32. The number of carbonyl (C=O) groups excluding carboxylic acids is 2. The summed E-state index contributed by atoms with van der Waals surface area (Å²) in [5, 5.41) is 3.55. The predicted molar refractivity (Wildman–Crippen MR) is 149 cm³/mol. The molecular formula is C32H30ClFN2O2. The average Bonchev–Trinajstić information content (AvgIpc) is 2.95. The highest BCUT2D eigenvalue weighted by molar-refractivity contribution is 6.31. The van der Waals surface area contributed by atoms with E-state index in [-0.39, 0.29) is 37.1 Å². The Hall–Kier alpha value is -3.96. The highest BCUT2D eigenvalue weighted by Gasteiger charge is 2.30. The summed E-state index contributed by atoms with van der Waals surface area (Å²) in [4.78, 5) is 29.0. The Morgan fingerprint density at radius 2 is 1.37 bits per heavy atom. The van der Waals surface area contributed by atoms with Crippen molar-refractivity contribution in [2.24, 2.45) is 0 Å². The summed E-state index contributed by atoms with van der Waals surface area (Å²) in [6.07, 6.45) is 1.14. The fraction of sp³-hybridized carbons (Fsp3) is 0.188. The maximum atomic E-state index is 13.7. The van der Waals surface area contributed by atoms with Crippen LogP contribution in [-0.4, -0.2) is 22.8 Å². The van der Waals surface area contributed by atoms with E-state index < -0.39 is 6.04 Å². The van der Waals surface area contributed by atoms with Crippen LogP contribution in [0.25, 0.3) is 0 Å². The van der Waals surface area contributed by atoms with Crippen molar-refractivity contribution >= 4 is 23.4 Å². The second-order valence-corrected chi connectivity index (χ2v) is 9.56. The lowest BCUT2D eigenvalue weighted by molar-refractivity contribution is -0.141. The molecule has 0 fully saturated rings. The molecular weight excluding hydrogens is 499 g/mol. The van der Waals surface area contributed by atoms with E-state index >= 15 is 0 Å². The van der Waals surface area contributed by atoms with Crippen LogP contribution in [0.3, 0.4) is 0 Å². The summed E-state index contributed by atoms with van der Waals surface area (Å²) in [5.74, 6) is -0.773. The van der Waals surface area contributed by atoms with E-state index in [1.165, 1.54) is 12.1 Å². The molecule has 0 bridgehead atoms. The molecule has 0 saturated carbocycles. The number of carbonyl (C=O) groups is 2. The first-order chi connectivity index (χ1) is 18.5. The van der Waals surface area contributed by atoms with Crippen LogP contribution in [0.5, 0.6) is 0 Å². The van der Waals surface area contributed by atoms with Gasteiger partial charge in [0.05, 0.1) is 0 Å². The quantitative estimate of drug-likeness (QED) is 0.246. The third-order valence-corrected chi connectivity index (χ3v) is 6.79. The van der Waals surface area contributed by atoms with Crippen molar-refractivity contribution in [2.45, 2.75) is 38.4 Å². The molecule has 0 aliphatic rings. The van der Waals surface area contributed by atoms with E-state index in [0.717, 1.165) is 22.3 Å². The Kier molecular flexibility index (Phi) is 9.65. The summed E-state index contributed by atoms with van der Waals surface area (Å²) in [5.41, 5.74) is 3.52. The SMILES string of the molecule is O=C(NCc1ccccc1Cl)C(Cc1ccccc1)N(Cc1ccc(F)cc1)C(=O)CCc1ccccc1. The number of hydrogen-bond donors (Lipinski definition) is 1. The van der Waals surface area contributed by atoms with Crippen LogP contribution in [0.2, 0.25) is 5.02 Å². The van der Waals surface area contributed by atoms with Crippen molar-refractivity contribution in [1.29, 1.82) is 0 Å². The number of rotatable bonds is 11. The molecule has 0 spiro atoms. The first-order valence-electron chi connectivity index (χ1n) is 12.6. The molecule has 0 heterocycles. The average molecular weight is 529 g/mol. The Bertz CT molecular complexity index is 1330. The van der Waals surface area contributed by atoms with E-state index in [1.54, 1.807) is 23.1 Å². The molecule has 0 aliphatic carbocycles. The maximum Gasteiger partial charge on any atom is 0.243 e. The van der Waals surface area contributed by atoms with E-state index in [1.807, 2.05) is 78.9 Å². The number of nitrogens with one attached hydrogen (secondary N) is 1. The van der Waals surface area contributed by atoms with Gasteiger partial charge in [-0.1, -0.05) is 103 Å². The molecule has 194 valence electrons. The molecule has 4 rings (SSSR count). The Labute approximate surface area is 228 Å². The monoisotopic (exact) mass is 528 g/mol. The second kappa shape index (κ2) is 13.5. The van der Waals surface area contributed by atoms with Crippen LogP contribution in [0, 0.1) is 5.82 Å². The first kappa shape index (κ1) is 27.1. The van der Waals surface area contributed by atoms with Gasteiger partial charge in [0, 0.05) is 31.0 Å². The Balaban J connectivity index is 1.61. The molecule has 0 aliphatic heterocycles. The van der Waals surface area contributed by atoms with Gasteiger partial charge in [-0.05, 0) is 46.9 Å². The van der Waals surface area contributed by atoms with Gasteiger partial charge in [0.15, 0.2) is 0 Å². The van der Waals surface area contributed by atoms with E-state index in [0.29, 0.717) is 17.9 Å². The molecule has 38 heavy (non-hydrogen) atoms. The largest absolute Gasteiger partial charge is 0.350 e. The van der Waals surface area contributed by atoms with Crippen LogP contribution in [-0.2, 0) is 35.5 Å². The standard InChI is InChI=1S/C32H30ClFN2O2/c33-29-14-8-7-13-27(29)22-35-32(38)30(21-25-11-5-2-6-12-25)36(23-26-15-18-28(34)19-16-26)31(37)20-17-24-9-3-1-4-10-24/h1-16,18-19,30H,17,20-23H2,(H,35,38). The number of nitrogens with zero attached hydrogens (tertiary/aromatic N) is 1. The fourth-order valence-electron chi connectivity index (χ4n) is 4.32. The third kappa shape index (κ3) is 7.77. The molecule has 0 radical (unpaired) electrons. The molecule has 6 heteroatoms. The second-order valence-electron chi connectivity index (χ2n) is 9.15. The Morgan fingerprint density at radius 1 is 0.763 bits per heavy atom. The van der Waals surface area contributed by atoms with Crippen LogP contribution >= 0.6 is 11.6 Å². The maximum absolute atomic E-state index is 13.7. The zero-order valence-corrected chi connectivity index (χ0v) is 21.8. The Morgan fingerprint density at radius 3 is 2.03 bits per heavy atom. The topological polar surface area (TPSA) is 49.4 Å². The minimum absolute atomic E-state index is 0.146. The number of aryl methyl sites for hydroxylation is 1. The summed E-state index contributed by atoms with van der Waals surface area (Å²) in [7, 11) is 0. The molecule has 0 saturated heterocycles. The number of halogens is 2. The van der Waals surface area contributed by atoms with Crippen molar-refractivity contribution in [3.8, 4) is 0 Å². The third-order valence-electron chi connectivity index (χ3n) is 6.42. The summed E-state index contributed by atoms with van der Waals surface area (Å²) in [6.45, 7) is 0.428. The fourth-order valence-corrected chi connectivity index (χ4v) is 4.52. The van der Waals surface area contributed by atoms with Crippen molar-refractivity contribution < 1.29 is 14.0 Å². The van der Waals surface area contributed by atoms with Gasteiger partial charge in [-0.25, -0.2) is 4.39 Å². The highest BCUT2D eigenvalue weighted by atomic mass is 35.5. The number of benzene rings is 4. The number of hydrogen-bond acceptors (Lipinski definition) is 2. The van der Waals surface area contributed by atoms with Crippen molar-refractivity contribution in [3.05, 3.63) is 142 Å². The smallest absolute Gasteiger partial charge is 0.243 e. The molecule has 1 N–H and O–H groups in total. The van der Waals surface area contributed by atoms with Gasteiger partial charge in [0.2, 0.25) is 11.8 Å². The molecule has 2 amide bonds. The molecule has 4 aromatic rings. The van der Waals surface area contributed by atoms with Gasteiger partial charge < -0.3 is 10.2 Å². The van der Waals surface area contributed by atoms with E-state index in [4.69, 9.17) is 11.6 Å². The van der Waals surface area contributed by atoms with Gasteiger partial charge in [0.25, 0.3) is 0 Å². The van der Waals surface area contributed by atoms with E-state index in [2.05, 4.69) is 5.32 Å². The van der Waals surface area contributed by atoms with Crippen LogP contribution in [0.15, 0.2) is 109 Å². The zero-order chi connectivity index (χ0) is 26.7. The van der Waals surface area contributed by atoms with Crippen molar-refractivity contribution in [2.75, 3.05) is 0 Å². The zero-order valence-electron chi connectivity index (χ0n) is 21.0. The lowest BCUT2D eigenvalue weighted by Crippen LogP contribution is -2.50. The lowest BCUT2D eigenvalue weighted by atomic mass is 10.0. The van der Waals surface area contributed by atoms with Gasteiger partial charge >= 0.3 is 0 Å². The van der Waals surface area contributed by atoms with Crippen molar-refractivity contribution in [1.82, 2.24) is 10.2 Å². The van der Waals surface area contributed by atoms with Gasteiger partial charge in [-0.3, -0.25) is 9.59 Å². The number of amides is 2. The summed E-state index contributed by atoms with van der Waals surface area (Å²) < 4.78 is 13.6. The minimum atomic E-state index is -0.770. The predicted octanol–water partition coefficient (Wildman–Crippen LogP) is 6.37. The van der Waals surface area contributed by atoms with Crippen molar-refractivity contribution in [3.63, 3.8) is 0 Å². The summed E-state index contributed by atoms with van der Waals surface area (Å²) in [6, 6.07) is 32.0. The van der Waals surface area contributed by atoms with Crippen LogP contribution in [0.4, 0.5) is 4.39 Å². The minimum Gasteiger partial charge on any atom is -0.350 e. The van der Waals surface area contributed by atoms with Crippen LogP contribution in [0.1, 0.15) is 28.7 Å². The van der Waals surface area contributed by atoms with Gasteiger partial charge in [-0.15, -0.1) is 0 Å². The molecule has 4 nitrogen and oxygen atoms in total. The van der Waals surface area contributed by atoms with Crippen LogP contribution < -0.4 is 5.32 Å². The van der Waals surface area contributed by atoms with Gasteiger partial charge in [-0.2, -0.15) is 0 Å².